The molecule has 0 spiro atoms. The molecule has 12 heavy (non-hydrogen) atoms. The molecule has 74 valence electrons. The molecule has 1 aliphatic rings. The monoisotopic (exact) mass is 192 g/mol. The van der Waals surface area contributed by atoms with Crippen LogP contribution in [-0.4, -0.2) is 6.54 Å². The number of halogens is 1. The summed E-state index contributed by atoms with van der Waals surface area (Å²) in [6.45, 7) is 0.983. The standard InChI is InChI=1S/C9H20N2.ClH/c10-11-8-4-7-9-5-2-1-3-6-9;/h9,11H,1-8,10H2;1H. The van der Waals surface area contributed by atoms with E-state index in [9.17, 15) is 0 Å². The molecule has 0 atom stereocenters. The van der Waals surface area contributed by atoms with Crippen LogP contribution >= 0.6 is 12.4 Å². The maximum atomic E-state index is 5.19. The molecular formula is C9H21ClN2. The lowest BCUT2D eigenvalue weighted by atomic mass is 9.86. The molecule has 0 aromatic rings. The number of hydrogen-bond acceptors (Lipinski definition) is 2. The van der Waals surface area contributed by atoms with Gasteiger partial charge in [0, 0.05) is 6.54 Å². The van der Waals surface area contributed by atoms with E-state index in [1.165, 1.54) is 44.9 Å². The average molecular weight is 193 g/mol. The predicted molar refractivity (Wildman–Crippen MR) is 55.2 cm³/mol. The first kappa shape index (κ1) is 12.2. The van der Waals surface area contributed by atoms with Gasteiger partial charge in [0.25, 0.3) is 0 Å². The van der Waals surface area contributed by atoms with Gasteiger partial charge in [-0.3, -0.25) is 11.3 Å². The highest BCUT2D eigenvalue weighted by Gasteiger charge is 2.11. The molecule has 1 aliphatic carbocycles. The van der Waals surface area contributed by atoms with Crippen LogP contribution < -0.4 is 11.3 Å². The maximum absolute atomic E-state index is 5.19. The van der Waals surface area contributed by atoms with Crippen LogP contribution in [-0.2, 0) is 0 Å². The number of hydrogen-bond donors (Lipinski definition) is 2. The summed E-state index contributed by atoms with van der Waals surface area (Å²) in [4.78, 5) is 0. The predicted octanol–water partition coefficient (Wildman–Crippen LogP) is 2.23. The summed E-state index contributed by atoms with van der Waals surface area (Å²) in [6, 6.07) is 0. The van der Waals surface area contributed by atoms with Gasteiger partial charge in [-0.15, -0.1) is 12.4 Å². The summed E-state index contributed by atoms with van der Waals surface area (Å²) in [5.74, 6) is 6.21. The third-order valence-corrected chi connectivity index (χ3v) is 2.66. The van der Waals surface area contributed by atoms with Crippen LogP contribution in [0.3, 0.4) is 0 Å². The molecule has 0 aromatic carbocycles. The molecule has 0 amide bonds. The second-order valence-corrected chi connectivity index (χ2v) is 3.60. The molecule has 0 bridgehead atoms. The lowest BCUT2D eigenvalue weighted by molar-refractivity contribution is 0.331. The van der Waals surface area contributed by atoms with Gasteiger partial charge in [0.2, 0.25) is 0 Å². The Kier molecular flexibility index (Phi) is 7.98. The molecule has 1 fully saturated rings. The van der Waals surface area contributed by atoms with E-state index < -0.39 is 0 Å². The van der Waals surface area contributed by atoms with Crippen LogP contribution in [0.2, 0.25) is 0 Å². The van der Waals surface area contributed by atoms with Crippen molar-refractivity contribution in [3.63, 3.8) is 0 Å². The molecule has 0 aromatic heterocycles. The SMILES string of the molecule is Cl.NNCCCC1CCCCC1. The molecule has 2 nitrogen and oxygen atoms in total. The zero-order valence-electron chi connectivity index (χ0n) is 7.72. The van der Waals surface area contributed by atoms with Crippen LogP contribution in [0, 0.1) is 5.92 Å². The lowest BCUT2D eigenvalue weighted by Gasteiger charge is -2.20. The topological polar surface area (TPSA) is 38.0 Å². The summed E-state index contributed by atoms with van der Waals surface area (Å²) in [6.07, 6.45) is 9.94. The maximum Gasteiger partial charge on any atom is 0.00975 e. The molecule has 0 unspecified atom stereocenters. The summed E-state index contributed by atoms with van der Waals surface area (Å²) < 4.78 is 0. The van der Waals surface area contributed by atoms with Gasteiger partial charge in [0.05, 0.1) is 0 Å². The van der Waals surface area contributed by atoms with Crippen LogP contribution in [0.5, 0.6) is 0 Å². The zero-order valence-corrected chi connectivity index (χ0v) is 8.54. The minimum Gasteiger partial charge on any atom is -0.271 e. The molecule has 0 saturated heterocycles. The van der Waals surface area contributed by atoms with Gasteiger partial charge in [0.15, 0.2) is 0 Å². The smallest absolute Gasteiger partial charge is 0.00975 e. The quantitative estimate of drug-likeness (QED) is 0.407. The second kappa shape index (κ2) is 7.84. The number of nitrogens with one attached hydrogen (secondary N) is 1. The minimum atomic E-state index is 0. The van der Waals surface area contributed by atoms with Gasteiger partial charge in [0.1, 0.15) is 0 Å². The molecule has 0 radical (unpaired) electrons. The minimum absolute atomic E-state index is 0. The Morgan fingerprint density at radius 3 is 2.42 bits per heavy atom. The zero-order chi connectivity index (χ0) is 7.94. The van der Waals surface area contributed by atoms with Crippen LogP contribution in [0.25, 0.3) is 0 Å². The number of hydrazine groups is 1. The van der Waals surface area contributed by atoms with E-state index in [4.69, 9.17) is 5.84 Å². The first-order valence-electron chi connectivity index (χ1n) is 4.87. The van der Waals surface area contributed by atoms with E-state index >= 15 is 0 Å². The van der Waals surface area contributed by atoms with E-state index in [-0.39, 0.29) is 12.4 Å². The van der Waals surface area contributed by atoms with Gasteiger partial charge < -0.3 is 0 Å². The van der Waals surface area contributed by atoms with Crippen LogP contribution in [0.1, 0.15) is 44.9 Å². The first-order chi connectivity index (χ1) is 5.43. The van der Waals surface area contributed by atoms with Crippen molar-refractivity contribution < 1.29 is 0 Å². The Labute approximate surface area is 81.7 Å². The highest BCUT2D eigenvalue weighted by molar-refractivity contribution is 5.85. The van der Waals surface area contributed by atoms with Crippen molar-refractivity contribution in [2.75, 3.05) is 6.54 Å². The van der Waals surface area contributed by atoms with E-state index in [0.717, 1.165) is 12.5 Å². The number of rotatable bonds is 4. The van der Waals surface area contributed by atoms with Crippen LogP contribution in [0.15, 0.2) is 0 Å². The van der Waals surface area contributed by atoms with Gasteiger partial charge >= 0.3 is 0 Å². The largest absolute Gasteiger partial charge is 0.271 e. The fourth-order valence-corrected chi connectivity index (χ4v) is 1.97. The highest BCUT2D eigenvalue weighted by atomic mass is 35.5. The molecule has 3 heteroatoms. The van der Waals surface area contributed by atoms with Crippen molar-refractivity contribution in [3.05, 3.63) is 0 Å². The van der Waals surface area contributed by atoms with Crippen LogP contribution in [0.4, 0.5) is 0 Å². The lowest BCUT2D eigenvalue weighted by Crippen LogP contribution is -2.23. The Morgan fingerprint density at radius 2 is 1.83 bits per heavy atom. The summed E-state index contributed by atoms with van der Waals surface area (Å²) >= 11 is 0. The molecular weight excluding hydrogens is 172 g/mol. The normalized spacial score (nSPS) is 18.8. The van der Waals surface area contributed by atoms with Crippen molar-refractivity contribution in [1.29, 1.82) is 0 Å². The van der Waals surface area contributed by atoms with Crippen molar-refractivity contribution in [3.8, 4) is 0 Å². The second-order valence-electron chi connectivity index (χ2n) is 3.60. The highest BCUT2D eigenvalue weighted by Crippen LogP contribution is 2.26. The van der Waals surface area contributed by atoms with Gasteiger partial charge in [-0.25, -0.2) is 0 Å². The molecule has 0 heterocycles. The molecule has 0 aliphatic heterocycles. The third-order valence-electron chi connectivity index (χ3n) is 2.66. The fourth-order valence-electron chi connectivity index (χ4n) is 1.97. The summed E-state index contributed by atoms with van der Waals surface area (Å²) in [7, 11) is 0. The van der Waals surface area contributed by atoms with Gasteiger partial charge in [-0.2, -0.15) is 0 Å². The van der Waals surface area contributed by atoms with Crippen molar-refractivity contribution in [2.45, 2.75) is 44.9 Å². The Hall–Kier alpha value is 0.210. The molecule has 1 rings (SSSR count). The molecule has 3 N–H and O–H groups in total. The van der Waals surface area contributed by atoms with E-state index in [1.807, 2.05) is 0 Å². The van der Waals surface area contributed by atoms with E-state index in [0.29, 0.717) is 0 Å². The third kappa shape index (κ3) is 4.96. The first-order valence-corrected chi connectivity index (χ1v) is 4.87. The van der Waals surface area contributed by atoms with Crippen molar-refractivity contribution >= 4 is 12.4 Å². The average Bonchev–Trinajstić information content (AvgIpc) is 2.07. The summed E-state index contributed by atoms with van der Waals surface area (Å²) in [5, 5.41) is 0. The Morgan fingerprint density at radius 1 is 1.17 bits per heavy atom. The van der Waals surface area contributed by atoms with Crippen molar-refractivity contribution in [1.82, 2.24) is 5.43 Å². The van der Waals surface area contributed by atoms with Gasteiger partial charge in [-0.05, 0) is 18.8 Å². The summed E-state index contributed by atoms with van der Waals surface area (Å²) in [5.41, 5.74) is 2.71. The fraction of sp³-hybridized carbons (Fsp3) is 1.00. The Bertz CT molecular complexity index is 92.5. The van der Waals surface area contributed by atoms with Gasteiger partial charge in [-0.1, -0.05) is 32.1 Å². The number of nitrogens with two attached hydrogens (primary N) is 1. The van der Waals surface area contributed by atoms with E-state index in [1.54, 1.807) is 0 Å². The Balaban J connectivity index is 0.00000121. The van der Waals surface area contributed by atoms with Crippen molar-refractivity contribution in [2.24, 2.45) is 11.8 Å². The molecule has 1 saturated carbocycles. The van der Waals surface area contributed by atoms with E-state index in [2.05, 4.69) is 5.43 Å².